The molecule has 1 rings (SSSR count). The van der Waals surface area contributed by atoms with Crippen LogP contribution in [-0.2, 0) is 11.2 Å². The number of benzene rings is 1. The molecule has 1 aromatic rings. The van der Waals surface area contributed by atoms with Crippen LogP contribution in [-0.4, -0.2) is 16.0 Å². The molecule has 0 saturated heterocycles. The molecule has 0 radical (unpaired) electrons. The average molecular weight is 258 g/mol. The Bertz CT molecular complexity index is 447. The maximum atomic E-state index is 10.9. The number of carboxylic acids is 1. The van der Waals surface area contributed by atoms with Gasteiger partial charge in [-0.1, -0.05) is 24.6 Å². The summed E-state index contributed by atoms with van der Waals surface area (Å²) in [5.74, 6) is -1.41. The van der Waals surface area contributed by atoms with E-state index in [0.29, 0.717) is 12.0 Å². The number of non-ortho nitro benzene ring substituents is 1. The SMILES string of the molecule is CCC(Cc1ccc([N+](=O)[O-])cc1Cl)C(=O)O. The van der Waals surface area contributed by atoms with Gasteiger partial charge in [0, 0.05) is 12.1 Å². The number of hydrogen-bond acceptors (Lipinski definition) is 3. The van der Waals surface area contributed by atoms with Crippen LogP contribution in [0.15, 0.2) is 18.2 Å². The van der Waals surface area contributed by atoms with Crippen LogP contribution < -0.4 is 0 Å². The monoisotopic (exact) mass is 257 g/mol. The molecule has 0 aliphatic carbocycles. The highest BCUT2D eigenvalue weighted by Gasteiger charge is 2.18. The molecule has 17 heavy (non-hydrogen) atoms. The summed E-state index contributed by atoms with van der Waals surface area (Å²) in [7, 11) is 0. The first kappa shape index (κ1) is 13.4. The van der Waals surface area contributed by atoms with Gasteiger partial charge in [0.25, 0.3) is 5.69 Å². The Morgan fingerprint density at radius 1 is 1.59 bits per heavy atom. The molecule has 0 spiro atoms. The van der Waals surface area contributed by atoms with E-state index in [-0.39, 0.29) is 17.1 Å². The Morgan fingerprint density at radius 2 is 2.24 bits per heavy atom. The van der Waals surface area contributed by atoms with E-state index < -0.39 is 16.8 Å². The van der Waals surface area contributed by atoms with E-state index in [1.807, 2.05) is 0 Å². The summed E-state index contributed by atoms with van der Waals surface area (Å²) in [6.45, 7) is 1.78. The van der Waals surface area contributed by atoms with Crippen molar-refractivity contribution in [1.29, 1.82) is 0 Å². The van der Waals surface area contributed by atoms with Crippen LogP contribution in [0.2, 0.25) is 5.02 Å². The highest BCUT2D eigenvalue weighted by atomic mass is 35.5. The minimum Gasteiger partial charge on any atom is -0.481 e. The molecule has 1 unspecified atom stereocenters. The van der Waals surface area contributed by atoms with Gasteiger partial charge in [0.2, 0.25) is 0 Å². The normalized spacial score (nSPS) is 12.1. The maximum absolute atomic E-state index is 10.9. The minimum atomic E-state index is -0.887. The van der Waals surface area contributed by atoms with Crippen molar-refractivity contribution in [2.45, 2.75) is 19.8 Å². The van der Waals surface area contributed by atoms with Gasteiger partial charge in [-0.15, -0.1) is 0 Å². The van der Waals surface area contributed by atoms with Crippen molar-refractivity contribution in [3.05, 3.63) is 38.9 Å². The van der Waals surface area contributed by atoms with Crippen molar-refractivity contribution >= 4 is 23.3 Å². The highest BCUT2D eigenvalue weighted by Crippen LogP contribution is 2.25. The van der Waals surface area contributed by atoms with Gasteiger partial charge in [-0.2, -0.15) is 0 Å². The molecule has 0 aromatic heterocycles. The smallest absolute Gasteiger partial charge is 0.306 e. The Hall–Kier alpha value is -1.62. The molecule has 0 fully saturated rings. The third kappa shape index (κ3) is 3.42. The van der Waals surface area contributed by atoms with E-state index in [1.54, 1.807) is 6.92 Å². The second-order valence-electron chi connectivity index (χ2n) is 3.68. The topological polar surface area (TPSA) is 80.4 Å². The molecule has 5 nitrogen and oxygen atoms in total. The fraction of sp³-hybridized carbons (Fsp3) is 0.364. The molecular weight excluding hydrogens is 246 g/mol. The van der Waals surface area contributed by atoms with Crippen LogP contribution >= 0.6 is 11.6 Å². The third-order valence-corrected chi connectivity index (χ3v) is 2.91. The van der Waals surface area contributed by atoms with Gasteiger partial charge in [-0.25, -0.2) is 0 Å². The number of rotatable bonds is 5. The van der Waals surface area contributed by atoms with Crippen molar-refractivity contribution in [2.24, 2.45) is 5.92 Å². The van der Waals surface area contributed by atoms with Gasteiger partial charge in [0.1, 0.15) is 0 Å². The molecule has 92 valence electrons. The Balaban J connectivity index is 2.93. The van der Waals surface area contributed by atoms with Gasteiger partial charge >= 0.3 is 5.97 Å². The average Bonchev–Trinajstić information content (AvgIpc) is 2.26. The van der Waals surface area contributed by atoms with Crippen LogP contribution in [0.1, 0.15) is 18.9 Å². The van der Waals surface area contributed by atoms with E-state index in [9.17, 15) is 14.9 Å². The zero-order valence-corrected chi connectivity index (χ0v) is 9.98. The fourth-order valence-corrected chi connectivity index (χ4v) is 1.74. The van der Waals surface area contributed by atoms with Gasteiger partial charge in [-0.05, 0) is 18.4 Å². The molecule has 1 aromatic carbocycles. The Morgan fingerprint density at radius 3 is 2.65 bits per heavy atom. The zero-order chi connectivity index (χ0) is 13.0. The summed E-state index contributed by atoms with van der Waals surface area (Å²) in [5.41, 5.74) is 0.522. The van der Waals surface area contributed by atoms with Crippen LogP contribution in [0.4, 0.5) is 5.69 Å². The second-order valence-corrected chi connectivity index (χ2v) is 4.09. The molecule has 6 heteroatoms. The van der Waals surface area contributed by atoms with E-state index in [0.717, 1.165) is 0 Å². The van der Waals surface area contributed by atoms with Crippen molar-refractivity contribution < 1.29 is 14.8 Å². The number of nitrogens with zero attached hydrogens (tertiary/aromatic N) is 1. The van der Waals surface area contributed by atoms with Gasteiger partial charge in [0.05, 0.1) is 15.9 Å². The van der Waals surface area contributed by atoms with E-state index in [4.69, 9.17) is 16.7 Å². The van der Waals surface area contributed by atoms with Crippen molar-refractivity contribution in [3.8, 4) is 0 Å². The predicted molar refractivity (Wildman–Crippen MR) is 63.2 cm³/mol. The molecule has 0 aliphatic rings. The molecule has 0 bridgehead atoms. The van der Waals surface area contributed by atoms with Crippen LogP contribution in [0.5, 0.6) is 0 Å². The predicted octanol–water partition coefficient (Wildman–Crippen LogP) is 2.90. The zero-order valence-electron chi connectivity index (χ0n) is 9.22. The summed E-state index contributed by atoms with van der Waals surface area (Å²) in [6, 6.07) is 4.08. The number of nitro groups is 1. The van der Waals surface area contributed by atoms with Gasteiger partial charge in [-0.3, -0.25) is 14.9 Å². The van der Waals surface area contributed by atoms with Gasteiger partial charge in [0.15, 0.2) is 0 Å². The fourth-order valence-electron chi connectivity index (χ4n) is 1.49. The first-order valence-corrected chi connectivity index (χ1v) is 5.49. The lowest BCUT2D eigenvalue weighted by Crippen LogP contribution is -2.15. The number of halogens is 1. The lowest BCUT2D eigenvalue weighted by Gasteiger charge is -2.10. The number of nitro benzene ring substituents is 1. The third-order valence-electron chi connectivity index (χ3n) is 2.56. The van der Waals surface area contributed by atoms with Gasteiger partial charge < -0.3 is 5.11 Å². The standard InChI is InChI=1S/C11H12ClNO4/c1-2-7(11(14)15)5-8-3-4-9(13(16)17)6-10(8)12/h3-4,6-7H,2,5H2,1H3,(H,14,15). The second kappa shape index (κ2) is 5.63. The molecule has 0 amide bonds. The number of carboxylic acid groups (broad SMARTS) is 1. The van der Waals surface area contributed by atoms with Crippen LogP contribution in [0.25, 0.3) is 0 Å². The summed E-state index contributed by atoms with van der Waals surface area (Å²) >= 11 is 5.88. The Kier molecular flexibility index (Phi) is 4.45. The van der Waals surface area contributed by atoms with Crippen LogP contribution in [0, 0.1) is 16.0 Å². The number of carbonyl (C=O) groups is 1. The van der Waals surface area contributed by atoms with Crippen molar-refractivity contribution in [2.75, 3.05) is 0 Å². The molecule has 1 atom stereocenters. The van der Waals surface area contributed by atoms with Crippen molar-refractivity contribution in [3.63, 3.8) is 0 Å². The Labute approximate surface area is 103 Å². The molecular formula is C11H12ClNO4. The van der Waals surface area contributed by atoms with E-state index in [1.165, 1.54) is 18.2 Å². The minimum absolute atomic E-state index is 0.0953. The lowest BCUT2D eigenvalue weighted by molar-refractivity contribution is -0.384. The molecule has 0 heterocycles. The highest BCUT2D eigenvalue weighted by molar-refractivity contribution is 6.31. The molecule has 1 N–H and O–H groups in total. The summed E-state index contributed by atoms with van der Waals surface area (Å²) in [6.07, 6.45) is 0.769. The first-order valence-electron chi connectivity index (χ1n) is 5.11. The van der Waals surface area contributed by atoms with E-state index in [2.05, 4.69) is 0 Å². The van der Waals surface area contributed by atoms with Crippen LogP contribution in [0.3, 0.4) is 0 Å². The maximum Gasteiger partial charge on any atom is 0.306 e. The first-order chi connectivity index (χ1) is 7.95. The lowest BCUT2D eigenvalue weighted by atomic mass is 9.97. The number of aliphatic carboxylic acids is 1. The largest absolute Gasteiger partial charge is 0.481 e. The molecule has 0 saturated carbocycles. The summed E-state index contributed by atoms with van der Waals surface area (Å²) in [5, 5.41) is 19.7. The summed E-state index contributed by atoms with van der Waals surface area (Å²) < 4.78 is 0. The summed E-state index contributed by atoms with van der Waals surface area (Å²) in [4.78, 5) is 20.8. The van der Waals surface area contributed by atoms with E-state index >= 15 is 0 Å². The molecule has 0 aliphatic heterocycles. The number of hydrogen-bond donors (Lipinski definition) is 1. The quantitative estimate of drug-likeness (QED) is 0.650. The van der Waals surface area contributed by atoms with Crippen molar-refractivity contribution in [1.82, 2.24) is 0 Å².